The van der Waals surface area contributed by atoms with Crippen LogP contribution in [0, 0.1) is 5.41 Å². The minimum atomic E-state index is -0.492. The van der Waals surface area contributed by atoms with E-state index in [1.165, 1.54) is 0 Å². The number of hydrogen-bond acceptors (Lipinski definition) is 3. The molecule has 18 heavy (non-hydrogen) atoms. The Bertz CT molecular complexity index is 302. The number of rotatable bonds is 2. The summed E-state index contributed by atoms with van der Waals surface area (Å²) in [5.74, 6) is 0.789. The zero-order chi connectivity index (χ0) is 13.6. The fourth-order valence-corrected chi connectivity index (χ4v) is 1.61. The summed E-state index contributed by atoms with van der Waals surface area (Å²) in [4.78, 5) is 17.8. The molecule has 1 aliphatic rings. The van der Waals surface area contributed by atoms with Gasteiger partial charge in [0.2, 0.25) is 0 Å². The van der Waals surface area contributed by atoms with Gasteiger partial charge in [0.15, 0.2) is 0 Å². The van der Waals surface area contributed by atoms with E-state index in [9.17, 15) is 4.79 Å². The smallest absolute Gasteiger partial charge is 0.435 e. The van der Waals surface area contributed by atoms with Gasteiger partial charge in [0.05, 0.1) is 19.8 Å². The highest BCUT2D eigenvalue weighted by molar-refractivity contribution is 5.91. The lowest BCUT2D eigenvalue weighted by Crippen LogP contribution is -2.40. The lowest BCUT2D eigenvalue weighted by atomic mass is 9.99. The molecule has 104 valence electrons. The molecule has 0 atom stereocenters. The zero-order valence-corrected chi connectivity index (χ0v) is 11.9. The number of hydrogen-bond donors (Lipinski definition) is 0. The molecular formula is C13H24N2O3. The number of carbonyl (C=O) groups excluding carboxylic acids is 1. The first-order valence-electron chi connectivity index (χ1n) is 6.49. The van der Waals surface area contributed by atoms with Crippen molar-refractivity contribution in [2.75, 3.05) is 32.9 Å². The molecule has 1 aliphatic heterocycles. The van der Waals surface area contributed by atoms with Crippen LogP contribution in [0.5, 0.6) is 0 Å². The van der Waals surface area contributed by atoms with Crippen LogP contribution in [0.2, 0.25) is 0 Å². The first-order valence-corrected chi connectivity index (χ1v) is 6.49. The van der Waals surface area contributed by atoms with Gasteiger partial charge in [-0.2, -0.15) is 4.99 Å². The molecule has 0 aromatic carbocycles. The van der Waals surface area contributed by atoms with Gasteiger partial charge in [0.1, 0.15) is 5.84 Å². The van der Waals surface area contributed by atoms with Crippen LogP contribution in [0.1, 0.15) is 34.1 Å². The second-order valence-electron chi connectivity index (χ2n) is 5.60. The number of carbonyl (C=O) groups is 1. The van der Waals surface area contributed by atoms with E-state index in [2.05, 4.69) is 9.89 Å². The molecular weight excluding hydrogens is 232 g/mol. The van der Waals surface area contributed by atoms with Crippen molar-refractivity contribution < 1.29 is 14.3 Å². The summed E-state index contributed by atoms with van der Waals surface area (Å²) in [5.41, 5.74) is -0.0312. The Balaban J connectivity index is 2.52. The predicted octanol–water partition coefficient (Wildman–Crippen LogP) is 2.31. The molecule has 1 rings (SSSR count). The van der Waals surface area contributed by atoms with E-state index in [1.807, 2.05) is 27.7 Å². The summed E-state index contributed by atoms with van der Waals surface area (Å²) in [6, 6.07) is 0. The van der Waals surface area contributed by atoms with Crippen molar-refractivity contribution in [1.29, 1.82) is 0 Å². The van der Waals surface area contributed by atoms with Crippen molar-refractivity contribution in [3.8, 4) is 0 Å². The Morgan fingerprint density at radius 2 is 1.94 bits per heavy atom. The van der Waals surface area contributed by atoms with Gasteiger partial charge < -0.3 is 14.4 Å². The second-order valence-corrected chi connectivity index (χ2v) is 5.60. The quantitative estimate of drug-likeness (QED) is 0.562. The Hall–Kier alpha value is -1.10. The van der Waals surface area contributed by atoms with Crippen LogP contribution in [0.3, 0.4) is 0 Å². The van der Waals surface area contributed by atoms with E-state index in [0.29, 0.717) is 19.8 Å². The van der Waals surface area contributed by atoms with E-state index in [1.54, 1.807) is 0 Å². The first-order chi connectivity index (χ1) is 8.42. The van der Waals surface area contributed by atoms with Crippen LogP contribution < -0.4 is 0 Å². The molecule has 0 N–H and O–H groups in total. The van der Waals surface area contributed by atoms with Crippen LogP contribution in [-0.4, -0.2) is 49.7 Å². The average Bonchev–Trinajstić information content (AvgIpc) is 2.33. The van der Waals surface area contributed by atoms with Crippen molar-refractivity contribution in [3.05, 3.63) is 0 Å². The summed E-state index contributed by atoms with van der Waals surface area (Å²) in [6.45, 7) is 11.4. The molecule has 0 spiro atoms. The number of ether oxygens (including phenoxy) is 2. The van der Waals surface area contributed by atoms with Crippen LogP contribution in [0.4, 0.5) is 4.79 Å². The molecule has 1 amide bonds. The molecule has 0 bridgehead atoms. The number of amidine groups is 1. The molecule has 5 heteroatoms. The molecule has 5 nitrogen and oxygen atoms in total. The fourth-order valence-electron chi connectivity index (χ4n) is 1.61. The van der Waals surface area contributed by atoms with Gasteiger partial charge in [-0.1, -0.05) is 27.7 Å². The molecule has 0 unspecified atom stereocenters. The van der Waals surface area contributed by atoms with E-state index in [0.717, 1.165) is 25.3 Å². The number of aliphatic imine (C=N–C) groups is 1. The van der Waals surface area contributed by atoms with Crippen molar-refractivity contribution in [3.63, 3.8) is 0 Å². The largest absolute Gasteiger partial charge is 0.447 e. The van der Waals surface area contributed by atoms with Gasteiger partial charge in [-0.05, 0) is 5.41 Å². The summed E-state index contributed by atoms with van der Waals surface area (Å²) in [7, 11) is 0. The van der Waals surface area contributed by atoms with E-state index in [-0.39, 0.29) is 5.41 Å². The van der Waals surface area contributed by atoms with Crippen LogP contribution in [0.25, 0.3) is 0 Å². The topological polar surface area (TPSA) is 51.1 Å². The molecule has 1 heterocycles. The maximum atomic E-state index is 11.6. The summed E-state index contributed by atoms with van der Waals surface area (Å²) in [5, 5.41) is 0. The Morgan fingerprint density at radius 3 is 2.44 bits per heavy atom. The lowest BCUT2D eigenvalue weighted by Gasteiger charge is -2.29. The number of amides is 1. The van der Waals surface area contributed by atoms with Gasteiger partial charge in [-0.3, -0.25) is 0 Å². The summed E-state index contributed by atoms with van der Waals surface area (Å²) < 4.78 is 10.4. The standard InChI is InChI=1S/C13H24N2O3/c1-5-11(15-6-8-17-9-7-15)14-12(16)18-10-13(2,3)4/h5-10H2,1-4H3/b14-11-. The Kier molecular flexibility index (Phi) is 5.59. The highest BCUT2D eigenvalue weighted by atomic mass is 16.5. The molecule has 0 aliphatic carbocycles. The van der Waals surface area contributed by atoms with Crippen LogP contribution >= 0.6 is 0 Å². The van der Waals surface area contributed by atoms with E-state index in [4.69, 9.17) is 9.47 Å². The normalized spacial score (nSPS) is 17.8. The van der Waals surface area contributed by atoms with Gasteiger partial charge in [0.25, 0.3) is 0 Å². The molecule has 1 saturated heterocycles. The molecule has 0 saturated carbocycles. The minimum absolute atomic E-state index is 0.0312. The van der Waals surface area contributed by atoms with E-state index < -0.39 is 6.09 Å². The fraction of sp³-hybridized carbons (Fsp3) is 0.846. The Labute approximate surface area is 109 Å². The summed E-state index contributed by atoms with van der Waals surface area (Å²) >= 11 is 0. The van der Waals surface area contributed by atoms with Crippen molar-refractivity contribution in [2.45, 2.75) is 34.1 Å². The monoisotopic (exact) mass is 256 g/mol. The van der Waals surface area contributed by atoms with Crippen LogP contribution in [0.15, 0.2) is 4.99 Å². The van der Waals surface area contributed by atoms with Gasteiger partial charge in [0, 0.05) is 19.5 Å². The first kappa shape index (κ1) is 15.0. The minimum Gasteiger partial charge on any atom is -0.447 e. The average molecular weight is 256 g/mol. The SMILES string of the molecule is CC/C(=N/C(=O)OCC(C)(C)C)N1CCOCC1. The highest BCUT2D eigenvalue weighted by Crippen LogP contribution is 2.13. The zero-order valence-electron chi connectivity index (χ0n) is 11.9. The number of morpholine rings is 1. The van der Waals surface area contributed by atoms with Crippen molar-refractivity contribution in [1.82, 2.24) is 4.90 Å². The van der Waals surface area contributed by atoms with E-state index >= 15 is 0 Å². The van der Waals surface area contributed by atoms with Gasteiger partial charge in [-0.15, -0.1) is 0 Å². The maximum Gasteiger partial charge on any atom is 0.435 e. The van der Waals surface area contributed by atoms with Crippen molar-refractivity contribution >= 4 is 11.9 Å². The number of nitrogens with zero attached hydrogens (tertiary/aromatic N) is 2. The van der Waals surface area contributed by atoms with Crippen LogP contribution in [-0.2, 0) is 9.47 Å². The van der Waals surface area contributed by atoms with Gasteiger partial charge in [-0.25, -0.2) is 4.79 Å². The Morgan fingerprint density at radius 1 is 1.33 bits per heavy atom. The second kappa shape index (κ2) is 6.73. The third kappa shape index (κ3) is 5.49. The lowest BCUT2D eigenvalue weighted by molar-refractivity contribution is 0.0668. The molecule has 0 aromatic heterocycles. The third-order valence-corrected chi connectivity index (χ3v) is 2.54. The molecule has 0 radical (unpaired) electrons. The molecule has 0 aromatic rings. The predicted molar refractivity (Wildman–Crippen MR) is 70.9 cm³/mol. The van der Waals surface area contributed by atoms with Gasteiger partial charge >= 0.3 is 6.09 Å². The molecule has 1 fully saturated rings. The highest BCUT2D eigenvalue weighted by Gasteiger charge is 2.17. The third-order valence-electron chi connectivity index (χ3n) is 2.54. The van der Waals surface area contributed by atoms with Crippen molar-refractivity contribution in [2.24, 2.45) is 10.4 Å². The maximum absolute atomic E-state index is 11.6. The summed E-state index contributed by atoms with van der Waals surface area (Å²) in [6.07, 6.45) is 0.234.